The van der Waals surface area contributed by atoms with Crippen LogP contribution in [0.3, 0.4) is 0 Å². The monoisotopic (exact) mass is 276 g/mol. The van der Waals surface area contributed by atoms with Crippen molar-refractivity contribution in [1.29, 1.82) is 0 Å². The second kappa shape index (κ2) is 5.75. The number of aryl methyl sites for hydroxylation is 2. The summed E-state index contributed by atoms with van der Waals surface area (Å²) in [6, 6.07) is 5.39. The molecule has 19 heavy (non-hydrogen) atoms. The van der Waals surface area contributed by atoms with Crippen LogP contribution in [0.1, 0.15) is 27.4 Å². The molecule has 0 saturated heterocycles. The van der Waals surface area contributed by atoms with E-state index in [2.05, 4.69) is 20.3 Å². The molecule has 1 N–H and O–H groups in total. The van der Waals surface area contributed by atoms with Gasteiger partial charge in [0.25, 0.3) is 5.91 Å². The smallest absolute Gasteiger partial charge is 0.270 e. The first-order valence-corrected chi connectivity index (χ1v) is 6.14. The first-order chi connectivity index (χ1) is 9.06. The molecule has 0 aliphatic carbocycles. The number of hydrogen-bond acceptors (Lipinski definition) is 4. The van der Waals surface area contributed by atoms with E-state index in [9.17, 15) is 4.79 Å². The zero-order valence-corrected chi connectivity index (χ0v) is 11.4. The van der Waals surface area contributed by atoms with Crippen molar-refractivity contribution < 1.29 is 4.79 Å². The van der Waals surface area contributed by atoms with E-state index in [4.69, 9.17) is 11.6 Å². The fraction of sp³-hybridized carbons (Fsp3) is 0.231. The Bertz CT molecular complexity index is 595. The minimum absolute atomic E-state index is 0.0687. The van der Waals surface area contributed by atoms with E-state index in [1.54, 1.807) is 19.2 Å². The van der Waals surface area contributed by atoms with Crippen LogP contribution in [0.4, 0.5) is 0 Å². The highest BCUT2D eigenvalue weighted by atomic mass is 35.5. The summed E-state index contributed by atoms with van der Waals surface area (Å²) in [4.78, 5) is 24.0. The Morgan fingerprint density at radius 2 is 2.16 bits per heavy atom. The standard InChI is InChI=1S/C13H13ClN4O/c1-8-4-3-5-15-11(8)7-16-12(19)10-6-9(2)17-13(14)18-10/h3-6H,7H2,1-2H3,(H,16,19). The molecule has 6 heteroatoms. The van der Waals surface area contributed by atoms with Gasteiger partial charge in [0.2, 0.25) is 5.28 Å². The van der Waals surface area contributed by atoms with E-state index < -0.39 is 0 Å². The first kappa shape index (κ1) is 13.4. The summed E-state index contributed by atoms with van der Waals surface area (Å²) in [6.45, 7) is 4.06. The van der Waals surface area contributed by atoms with Crippen LogP contribution in [0.2, 0.25) is 5.28 Å². The molecule has 0 spiro atoms. The second-order valence-corrected chi connectivity index (χ2v) is 4.45. The van der Waals surface area contributed by atoms with Crippen LogP contribution in [0, 0.1) is 13.8 Å². The van der Waals surface area contributed by atoms with Gasteiger partial charge in [0.1, 0.15) is 5.69 Å². The van der Waals surface area contributed by atoms with Crippen molar-refractivity contribution in [3.63, 3.8) is 0 Å². The molecule has 0 aromatic carbocycles. The molecule has 0 fully saturated rings. The lowest BCUT2D eigenvalue weighted by atomic mass is 10.2. The average molecular weight is 277 g/mol. The molecule has 98 valence electrons. The van der Waals surface area contributed by atoms with Crippen LogP contribution in [0.15, 0.2) is 24.4 Å². The third kappa shape index (κ3) is 3.48. The number of halogens is 1. The minimum Gasteiger partial charge on any atom is -0.345 e. The highest BCUT2D eigenvalue weighted by Crippen LogP contribution is 2.06. The lowest BCUT2D eigenvalue weighted by Gasteiger charge is -2.07. The third-order valence-corrected chi connectivity index (χ3v) is 2.76. The number of carbonyl (C=O) groups is 1. The molecule has 0 aliphatic heterocycles. The quantitative estimate of drug-likeness (QED) is 0.872. The Hall–Kier alpha value is -2.01. The maximum atomic E-state index is 11.9. The lowest BCUT2D eigenvalue weighted by Crippen LogP contribution is -2.25. The van der Waals surface area contributed by atoms with Crippen LogP contribution in [-0.2, 0) is 6.54 Å². The van der Waals surface area contributed by atoms with Gasteiger partial charge in [-0.3, -0.25) is 9.78 Å². The van der Waals surface area contributed by atoms with Gasteiger partial charge in [-0.15, -0.1) is 0 Å². The number of nitrogens with one attached hydrogen (secondary N) is 1. The molecule has 1 amide bonds. The summed E-state index contributed by atoms with van der Waals surface area (Å²) < 4.78 is 0. The van der Waals surface area contributed by atoms with E-state index >= 15 is 0 Å². The van der Waals surface area contributed by atoms with Crippen LogP contribution in [0.25, 0.3) is 0 Å². The Morgan fingerprint density at radius 3 is 2.84 bits per heavy atom. The SMILES string of the molecule is Cc1cc(C(=O)NCc2ncccc2C)nc(Cl)n1. The number of aromatic nitrogens is 3. The predicted octanol–water partition coefficient (Wildman–Crippen LogP) is 2.07. The molecule has 0 atom stereocenters. The number of amides is 1. The van der Waals surface area contributed by atoms with Crippen LogP contribution < -0.4 is 5.32 Å². The summed E-state index contributed by atoms with van der Waals surface area (Å²) in [6.07, 6.45) is 1.69. The van der Waals surface area contributed by atoms with Crippen molar-refractivity contribution in [3.05, 3.63) is 52.3 Å². The van der Waals surface area contributed by atoms with Crippen molar-refractivity contribution in [3.8, 4) is 0 Å². The third-order valence-electron chi connectivity index (χ3n) is 2.59. The van der Waals surface area contributed by atoms with E-state index in [-0.39, 0.29) is 16.9 Å². The summed E-state index contributed by atoms with van der Waals surface area (Å²) >= 11 is 5.72. The van der Waals surface area contributed by atoms with E-state index in [0.29, 0.717) is 12.2 Å². The van der Waals surface area contributed by atoms with Gasteiger partial charge in [-0.1, -0.05) is 6.07 Å². The van der Waals surface area contributed by atoms with Crippen molar-refractivity contribution in [2.45, 2.75) is 20.4 Å². The van der Waals surface area contributed by atoms with Gasteiger partial charge in [0.15, 0.2) is 0 Å². The van der Waals surface area contributed by atoms with Gasteiger partial charge in [0, 0.05) is 11.9 Å². The Balaban J connectivity index is 2.08. The highest BCUT2D eigenvalue weighted by Gasteiger charge is 2.10. The molecule has 0 radical (unpaired) electrons. The number of rotatable bonds is 3. The zero-order valence-electron chi connectivity index (χ0n) is 10.6. The fourth-order valence-corrected chi connectivity index (χ4v) is 1.83. The highest BCUT2D eigenvalue weighted by molar-refractivity contribution is 6.28. The molecule has 2 rings (SSSR count). The molecule has 0 saturated carbocycles. The number of pyridine rings is 1. The molecule has 2 heterocycles. The van der Waals surface area contributed by atoms with Gasteiger partial charge in [-0.05, 0) is 43.1 Å². The van der Waals surface area contributed by atoms with Crippen LogP contribution in [0.5, 0.6) is 0 Å². The summed E-state index contributed by atoms with van der Waals surface area (Å²) in [5.41, 5.74) is 2.76. The van der Waals surface area contributed by atoms with Crippen molar-refractivity contribution in [2.75, 3.05) is 0 Å². The van der Waals surface area contributed by atoms with Gasteiger partial charge in [-0.25, -0.2) is 9.97 Å². The topological polar surface area (TPSA) is 67.8 Å². The minimum atomic E-state index is -0.294. The molecule has 2 aromatic rings. The van der Waals surface area contributed by atoms with Crippen molar-refractivity contribution >= 4 is 17.5 Å². The Labute approximate surface area is 116 Å². The van der Waals surface area contributed by atoms with E-state index in [0.717, 1.165) is 11.3 Å². The molecule has 0 bridgehead atoms. The zero-order chi connectivity index (χ0) is 13.8. The summed E-state index contributed by atoms with van der Waals surface area (Å²) in [7, 11) is 0. The van der Waals surface area contributed by atoms with Crippen LogP contribution in [-0.4, -0.2) is 20.9 Å². The fourth-order valence-electron chi connectivity index (χ4n) is 1.61. The molecule has 5 nitrogen and oxygen atoms in total. The van der Waals surface area contributed by atoms with Gasteiger partial charge in [0.05, 0.1) is 12.2 Å². The second-order valence-electron chi connectivity index (χ2n) is 4.11. The van der Waals surface area contributed by atoms with Gasteiger partial charge in [-0.2, -0.15) is 0 Å². The summed E-state index contributed by atoms with van der Waals surface area (Å²) in [5.74, 6) is -0.294. The largest absolute Gasteiger partial charge is 0.345 e. The maximum Gasteiger partial charge on any atom is 0.270 e. The molecule has 0 unspecified atom stereocenters. The maximum absolute atomic E-state index is 11.9. The van der Waals surface area contributed by atoms with Gasteiger partial charge >= 0.3 is 0 Å². The Morgan fingerprint density at radius 1 is 1.37 bits per heavy atom. The molecular formula is C13H13ClN4O. The normalized spacial score (nSPS) is 10.3. The predicted molar refractivity (Wildman–Crippen MR) is 71.9 cm³/mol. The lowest BCUT2D eigenvalue weighted by molar-refractivity contribution is 0.0945. The van der Waals surface area contributed by atoms with Gasteiger partial charge < -0.3 is 5.32 Å². The van der Waals surface area contributed by atoms with Crippen LogP contribution >= 0.6 is 11.6 Å². The first-order valence-electron chi connectivity index (χ1n) is 5.76. The number of carbonyl (C=O) groups excluding carboxylic acids is 1. The van der Waals surface area contributed by atoms with E-state index in [1.807, 2.05) is 19.1 Å². The summed E-state index contributed by atoms with van der Waals surface area (Å²) in [5, 5.41) is 2.83. The van der Waals surface area contributed by atoms with Crippen molar-refractivity contribution in [1.82, 2.24) is 20.3 Å². The molecule has 2 aromatic heterocycles. The Kier molecular flexibility index (Phi) is 4.06. The van der Waals surface area contributed by atoms with E-state index in [1.165, 1.54) is 0 Å². The molecular weight excluding hydrogens is 264 g/mol. The van der Waals surface area contributed by atoms with Crippen molar-refractivity contribution in [2.24, 2.45) is 0 Å². The number of hydrogen-bond donors (Lipinski definition) is 1. The number of nitrogens with zero attached hydrogens (tertiary/aromatic N) is 3. The molecule has 0 aliphatic rings. The average Bonchev–Trinajstić information content (AvgIpc) is 2.36.